The minimum Gasteiger partial charge on any atom is -0.417 e. The SMILES string of the molecule is FC(F)Oc1ccc(-c2cccc(C(F)(F)F)c2)cn1. The molecule has 0 aliphatic heterocycles. The number of hydrogen-bond donors (Lipinski definition) is 0. The van der Waals surface area contributed by atoms with E-state index in [1.165, 1.54) is 30.5 Å². The molecule has 2 rings (SSSR count). The smallest absolute Gasteiger partial charge is 0.416 e. The number of ether oxygens (including phenoxy) is 1. The Morgan fingerprint density at radius 2 is 1.75 bits per heavy atom. The van der Waals surface area contributed by atoms with Gasteiger partial charge < -0.3 is 4.74 Å². The lowest BCUT2D eigenvalue weighted by Crippen LogP contribution is -2.04. The van der Waals surface area contributed by atoms with E-state index in [1.54, 1.807) is 0 Å². The van der Waals surface area contributed by atoms with Crippen molar-refractivity contribution in [1.82, 2.24) is 4.98 Å². The molecule has 1 aromatic carbocycles. The topological polar surface area (TPSA) is 22.1 Å². The first-order valence-electron chi connectivity index (χ1n) is 5.45. The van der Waals surface area contributed by atoms with Crippen LogP contribution in [0.1, 0.15) is 5.56 Å². The number of nitrogens with zero attached hydrogens (tertiary/aromatic N) is 1. The summed E-state index contributed by atoms with van der Waals surface area (Å²) in [6.45, 7) is -3.00. The summed E-state index contributed by atoms with van der Waals surface area (Å²) in [6, 6.07) is 7.18. The molecule has 2 aromatic rings. The van der Waals surface area contributed by atoms with E-state index in [0.29, 0.717) is 5.56 Å². The average Bonchev–Trinajstić information content (AvgIpc) is 2.38. The third kappa shape index (κ3) is 3.43. The van der Waals surface area contributed by atoms with Gasteiger partial charge in [-0.25, -0.2) is 4.98 Å². The Hall–Kier alpha value is -2.18. The number of aromatic nitrogens is 1. The standard InChI is InChI=1S/C13H8F5NO/c14-12(15)20-11-5-4-9(7-19-11)8-2-1-3-10(6-8)13(16,17)18/h1-7,12H. The van der Waals surface area contributed by atoms with Crippen LogP contribution >= 0.6 is 0 Å². The van der Waals surface area contributed by atoms with Gasteiger partial charge in [0.15, 0.2) is 0 Å². The summed E-state index contributed by atoms with van der Waals surface area (Å²) in [7, 11) is 0. The summed E-state index contributed by atoms with van der Waals surface area (Å²) in [5, 5.41) is 0. The molecule has 0 saturated heterocycles. The summed E-state index contributed by atoms with van der Waals surface area (Å²) in [6.07, 6.45) is -3.27. The summed E-state index contributed by atoms with van der Waals surface area (Å²) in [5.74, 6) is -0.296. The molecule has 0 amide bonds. The third-order valence-electron chi connectivity index (χ3n) is 2.47. The maximum atomic E-state index is 12.6. The van der Waals surface area contributed by atoms with Crippen LogP contribution in [0.3, 0.4) is 0 Å². The highest BCUT2D eigenvalue weighted by molar-refractivity contribution is 5.63. The molecular formula is C13H8F5NO. The van der Waals surface area contributed by atoms with Gasteiger partial charge in [0, 0.05) is 17.8 Å². The molecule has 0 atom stereocenters. The number of benzene rings is 1. The highest BCUT2D eigenvalue weighted by Crippen LogP contribution is 2.32. The molecular weight excluding hydrogens is 281 g/mol. The van der Waals surface area contributed by atoms with Gasteiger partial charge in [-0.2, -0.15) is 22.0 Å². The van der Waals surface area contributed by atoms with E-state index in [9.17, 15) is 22.0 Å². The summed E-state index contributed by atoms with van der Waals surface area (Å²) in [5.41, 5.74) is -0.128. The first kappa shape index (κ1) is 14.2. The maximum Gasteiger partial charge on any atom is 0.416 e. The lowest BCUT2D eigenvalue weighted by Gasteiger charge is -2.09. The zero-order valence-corrected chi connectivity index (χ0v) is 9.86. The fourth-order valence-corrected chi connectivity index (χ4v) is 1.59. The molecule has 106 valence electrons. The highest BCUT2D eigenvalue weighted by Gasteiger charge is 2.30. The minimum absolute atomic E-state index is 0.288. The van der Waals surface area contributed by atoms with Gasteiger partial charge in [-0.1, -0.05) is 12.1 Å². The molecule has 0 aliphatic rings. The lowest BCUT2D eigenvalue weighted by molar-refractivity contribution is -0.137. The Bertz CT molecular complexity index is 580. The Labute approximate surface area is 110 Å². The summed E-state index contributed by atoms with van der Waals surface area (Å²) >= 11 is 0. The van der Waals surface area contributed by atoms with Crippen molar-refractivity contribution in [1.29, 1.82) is 0 Å². The van der Waals surface area contributed by atoms with Crippen LogP contribution in [0.4, 0.5) is 22.0 Å². The van der Waals surface area contributed by atoms with Gasteiger partial charge in [0.25, 0.3) is 0 Å². The van der Waals surface area contributed by atoms with E-state index in [4.69, 9.17) is 0 Å². The largest absolute Gasteiger partial charge is 0.417 e. The quantitative estimate of drug-likeness (QED) is 0.783. The van der Waals surface area contributed by atoms with Crippen LogP contribution < -0.4 is 4.74 Å². The molecule has 0 aliphatic carbocycles. The monoisotopic (exact) mass is 289 g/mol. The van der Waals surface area contributed by atoms with E-state index >= 15 is 0 Å². The Morgan fingerprint density at radius 3 is 2.30 bits per heavy atom. The van der Waals surface area contributed by atoms with E-state index < -0.39 is 18.4 Å². The van der Waals surface area contributed by atoms with Gasteiger partial charge in [-0.3, -0.25) is 0 Å². The third-order valence-corrected chi connectivity index (χ3v) is 2.47. The van der Waals surface area contributed by atoms with Crippen LogP contribution in [0.2, 0.25) is 0 Å². The molecule has 2 nitrogen and oxygen atoms in total. The van der Waals surface area contributed by atoms with Gasteiger partial charge >= 0.3 is 12.8 Å². The fraction of sp³-hybridized carbons (Fsp3) is 0.154. The van der Waals surface area contributed by atoms with Gasteiger partial charge in [-0.05, 0) is 23.8 Å². The molecule has 1 heterocycles. The number of hydrogen-bond acceptors (Lipinski definition) is 2. The molecule has 1 aromatic heterocycles. The van der Waals surface area contributed by atoms with Gasteiger partial charge in [0.1, 0.15) is 0 Å². The summed E-state index contributed by atoms with van der Waals surface area (Å²) < 4.78 is 65.7. The number of pyridine rings is 1. The van der Waals surface area contributed by atoms with Gasteiger partial charge in [-0.15, -0.1) is 0 Å². The molecule has 20 heavy (non-hydrogen) atoms. The second-order valence-electron chi connectivity index (χ2n) is 3.84. The summed E-state index contributed by atoms with van der Waals surface area (Å²) in [4.78, 5) is 3.60. The Kier molecular flexibility index (Phi) is 3.87. The lowest BCUT2D eigenvalue weighted by atomic mass is 10.0. The Morgan fingerprint density at radius 1 is 1.00 bits per heavy atom. The Balaban J connectivity index is 2.28. The van der Waals surface area contributed by atoms with Crippen LogP contribution in [0, 0.1) is 0 Å². The fourth-order valence-electron chi connectivity index (χ4n) is 1.59. The van der Waals surface area contributed by atoms with Gasteiger partial charge in [0.2, 0.25) is 5.88 Å². The van der Waals surface area contributed by atoms with Crippen molar-refractivity contribution >= 4 is 0 Å². The van der Waals surface area contributed by atoms with E-state index in [2.05, 4.69) is 9.72 Å². The molecule has 0 saturated carbocycles. The second-order valence-corrected chi connectivity index (χ2v) is 3.84. The predicted octanol–water partition coefficient (Wildman–Crippen LogP) is 4.37. The number of alkyl halides is 5. The van der Waals surface area contributed by atoms with E-state index in [0.717, 1.165) is 12.1 Å². The molecule has 0 unspecified atom stereocenters. The number of halogens is 5. The van der Waals surface area contributed by atoms with Crippen molar-refractivity contribution in [2.24, 2.45) is 0 Å². The zero-order valence-electron chi connectivity index (χ0n) is 9.86. The van der Waals surface area contributed by atoms with Crippen LogP contribution in [0.15, 0.2) is 42.6 Å². The van der Waals surface area contributed by atoms with Crippen LogP contribution in [-0.4, -0.2) is 11.6 Å². The van der Waals surface area contributed by atoms with Crippen LogP contribution in [0.25, 0.3) is 11.1 Å². The predicted molar refractivity (Wildman–Crippen MR) is 61.3 cm³/mol. The number of rotatable bonds is 3. The second kappa shape index (κ2) is 5.44. The van der Waals surface area contributed by atoms with Crippen LogP contribution in [0.5, 0.6) is 5.88 Å². The van der Waals surface area contributed by atoms with Crippen molar-refractivity contribution < 1.29 is 26.7 Å². The molecule has 0 N–H and O–H groups in total. The first-order valence-corrected chi connectivity index (χ1v) is 5.45. The average molecular weight is 289 g/mol. The van der Waals surface area contributed by atoms with Crippen molar-refractivity contribution in [2.75, 3.05) is 0 Å². The normalized spacial score (nSPS) is 11.7. The first-order chi connectivity index (χ1) is 9.36. The van der Waals surface area contributed by atoms with Crippen LogP contribution in [-0.2, 0) is 6.18 Å². The van der Waals surface area contributed by atoms with Gasteiger partial charge in [0.05, 0.1) is 5.56 Å². The molecule has 7 heteroatoms. The molecule has 0 fully saturated rings. The van der Waals surface area contributed by atoms with Crippen molar-refractivity contribution in [3.8, 4) is 17.0 Å². The van der Waals surface area contributed by atoms with Crippen molar-refractivity contribution in [3.63, 3.8) is 0 Å². The van der Waals surface area contributed by atoms with E-state index in [-0.39, 0.29) is 11.4 Å². The maximum absolute atomic E-state index is 12.6. The minimum atomic E-state index is -4.44. The van der Waals surface area contributed by atoms with Crippen molar-refractivity contribution in [3.05, 3.63) is 48.2 Å². The molecule has 0 radical (unpaired) electrons. The zero-order chi connectivity index (χ0) is 14.8. The van der Waals surface area contributed by atoms with Crippen molar-refractivity contribution in [2.45, 2.75) is 12.8 Å². The highest BCUT2D eigenvalue weighted by atomic mass is 19.4. The van der Waals surface area contributed by atoms with E-state index in [1.807, 2.05) is 0 Å². The molecule has 0 bridgehead atoms. The molecule has 0 spiro atoms.